The summed E-state index contributed by atoms with van der Waals surface area (Å²) in [6, 6.07) is 38.1. The molecule has 160 valence electrons. The molecule has 0 bridgehead atoms. The van der Waals surface area contributed by atoms with Crippen molar-refractivity contribution in [2.45, 2.75) is 38.1 Å². The van der Waals surface area contributed by atoms with Gasteiger partial charge < -0.3 is 4.98 Å². The van der Waals surface area contributed by atoms with Crippen LogP contribution in [0.3, 0.4) is 0 Å². The van der Waals surface area contributed by atoms with Gasteiger partial charge in [0.15, 0.2) is 8.07 Å². The van der Waals surface area contributed by atoms with Crippen molar-refractivity contribution in [3.8, 4) is 0 Å². The Hall–Kier alpha value is -3.17. The van der Waals surface area contributed by atoms with Gasteiger partial charge in [0.1, 0.15) is 0 Å². The number of hydrogen-bond acceptors (Lipinski definition) is 1. The summed E-state index contributed by atoms with van der Waals surface area (Å²) >= 11 is 0. The van der Waals surface area contributed by atoms with E-state index < -0.39 is 8.07 Å². The second-order valence-electron chi connectivity index (χ2n) is 8.75. The van der Waals surface area contributed by atoms with Crippen molar-refractivity contribution in [3.63, 3.8) is 0 Å². The minimum absolute atomic E-state index is 0.481. The van der Waals surface area contributed by atoms with E-state index in [1.165, 1.54) is 53.0 Å². The molecule has 0 unspecified atom stereocenters. The van der Waals surface area contributed by atoms with Crippen LogP contribution in [0.2, 0.25) is 0 Å². The molecule has 1 aliphatic rings. The first kappa shape index (κ1) is 20.7. The molecule has 1 aliphatic carbocycles. The summed E-state index contributed by atoms with van der Waals surface area (Å²) in [5, 5.41) is 5.45. The summed E-state index contributed by atoms with van der Waals surface area (Å²) in [6.07, 6.45) is 8.49. The Balaban J connectivity index is 1.65. The largest absolute Gasteiger partial charge is 0.360 e. The lowest BCUT2D eigenvalue weighted by Crippen LogP contribution is -2.75. The van der Waals surface area contributed by atoms with Gasteiger partial charge in [-0.05, 0) is 40.5 Å². The van der Waals surface area contributed by atoms with Crippen LogP contribution in [0.25, 0.3) is 0 Å². The Morgan fingerprint density at radius 3 is 1.62 bits per heavy atom. The summed E-state index contributed by atoms with van der Waals surface area (Å²) in [7, 11) is -2.46. The predicted molar refractivity (Wildman–Crippen MR) is 139 cm³/mol. The first-order valence-electron chi connectivity index (χ1n) is 11.8. The Morgan fingerprint density at radius 2 is 1.12 bits per heavy atom. The summed E-state index contributed by atoms with van der Waals surface area (Å²) in [6.45, 7) is 0. The number of nitrogens with zero attached hydrogens (tertiary/aromatic N) is 1. The third kappa shape index (κ3) is 4.01. The number of H-pyrrole nitrogens is 1. The van der Waals surface area contributed by atoms with E-state index in [-0.39, 0.29) is 0 Å². The second kappa shape index (κ2) is 9.54. The molecule has 2 nitrogen and oxygen atoms in total. The van der Waals surface area contributed by atoms with Crippen LogP contribution in [-0.4, -0.2) is 25.3 Å². The van der Waals surface area contributed by atoms with Gasteiger partial charge in [0.2, 0.25) is 0 Å². The van der Waals surface area contributed by atoms with Crippen LogP contribution in [0.4, 0.5) is 0 Å². The fraction of sp³-hybridized carbons (Fsp3) is 0.207. The first-order chi connectivity index (χ1) is 15.9. The van der Waals surface area contributed by atoms with Crippen LogP contribution in [-0.2, 0) is 0 Å². The molecule has 0 spiro atoms. The zero-order chi connectivity index (χ0) is 21.6. The number of rotatable bonds is 6. The zero-order valence-electron chi connectivity index (χ0n) is 18.5. The van der Waals surface area contributed by atoms with Gasteiger partial charge in [0.05, 0.1) is 11.7 Å². The third-order valence-electron chi connectivity index (χ3n) is 6.73. The van der Waals surface area contributed by atoms with E-state index in [2.05, 4.69) is 114 Å². The highest BCUT2D eigenvalue weighted by Crippen LogP contribution is 2.20. The number of benzene rings is 3. The number of nitrogens with one attached hydrogen (secondary N) is 1. The maximum Gasteiger partial charge on any atom is 0.198 e. The quantitative estimate of drug-likeness (QED) is 0.268. The monoisotopic (exact) mass is 434 g/mol. The summed E-state index contributed by atoms with van der Waals surface area (Å²) in [5.74, 6) is 0. The lowest BCUT2D eigenvalue weighted by atomic mass is 9.96. The van der Waals surface area contributed by atoms with E-state index in [4.69, 9.17) is 4.99 Å². The average molecular weight is 435 g/mol. The SMILES string of the molecule is C(=NC1CCCCC1)c1ccc([Si](c2ccccc2)(c2ccccc2)c2ccccc2)[nH]1. The molecule has 0 radical (unpaired) electrons. The molecule has 1 heterocycles. The van der Waals surface area contributed by atoms with Crippen LogP contribution >= 0.6 is 0 Å². The minimum Gasteiger partial charge on any atom is -0.360 e. The highest BCUT2D eigenvalue weighted by Gasteiger charge is 2.42. The Bertz CT molecular complexity index is 1050. The number of aliphatic imine (C=N–C) groups is 1. The molecule has 0 amide bonds. The highest BCUT2D eigenvalue weighted by molar-refractivity contribution is 7.19. The van der Waals surface area contributed by atoms with Crippen LogP contribution in [0.15, 0.2) is 108 Å². The fourth-order valence-electron chi connectivity index (χ4n) is 5.15. The van der Waals surface area contributed by atoms with Crippen molar-refractivity contribution < 1.29 is 0 Å². The van der Waals surface area contributed by atoms with Gasteiger partial charge in [-0.15, -0.1) is 0 Å². The smallest absolute Gasteiger partial charge is 0.198 e. The number of aromatic nitrogens is 1. The van der Waals surface area contributed by atoms with Gasteiger partial charge in [-0.25, -0.2) is 0 Å². The molecule has 1 saturated carbocycles. The predicted octanol–water partition coefficient (Wildman–Crippen LogP) is 4.14. The number of hydrogen-bond donors (Lipinski definition) is 1. The van der Waals surface area contributed by atoms with Crippen molar-refractivity contribution in [2.75, 3.05) is 0 Å². The standard InChI is InChI=1S/C29H30N2Si/c1-5-13-24(14-6-1)30-23-25-21-22-29(31-25)32(26-15-7-2-8-16-26,27-17-9-3-10-18-27)28-19-11-4-12-20-28/h2-4,7-12,15-24,31H,1,5-6,13-14H2. The van der Waals surface area contributed by atoms with E-state index in [1.807, 2.05) is 0 Å². The molecular weight excluding hydrogens is 404 g/mol. The molecule has 3 heteroatoms. The van der Waals surface area contributed by atoms with Gasteiger partial charge >= 0.3 is 0 Å². The average Bonchev–Trinajstić information content (AvgIpc) is 3.35. The summed E-state index contributed by atoms with van der Waals surface area (Å²) in [4.78, 5) is 8.73. The zero-order valence-corrected chi connectivity index (χ0v) is 19.5. The van der Waals surface area contributed by atoms with Gasteiger partial charge in [-0.1, -0.05) is 110 Å². The van der Waals surface area contributed by atoms with Crippen molar-refractivity contribution in [3.05, 3.63) is 109 Å². The third-order valence-corrected chi connectivity index (χ3v) is 11.4. The fourth-order valence-corrected chi connectivity index (χ4v) is 9.83. The van der Waals surface area contributed by atoms with Crippen molar-refractivity contribution in [2.24, 2.45) is 4.99 Å². The van der Waals surface area contributed by atoms with Crippen molar-refractivity contribution in [1.29, 1.82) is 0 Å². The molecule has 0 saturated heterocycles. The topological polar surface area (TPSA) is 28.1 Å². The van der Waals surface area contributed by atoms with E-state index in [9.17, 15) is 0 Å². The van der Waals surface area contributed by atoms with Crippen molar-refractivity contribution in [1.82, 2.24) is 4.98 Å². The maximum absolute atomic E-state index is 4.93. The molecular formula is C29H30N2Si. The molecule has 0 aliphatic heterocycles. The lowest BCUT2D eigenvalue weighted by Gasteiger charge is -2.33. The number of aromatic amines is 1. The van der Waals surface area contributed by atoms with Gasteiger partial charge in [0.25, 0.3) is 0 Å². The van der Waals surface area contributed by atoms with Gasteiger partial charge in [0, 0.05) is 11.5 Å². The highest BCUT2D eigenvalue weighted by atomic mass is 28.3. The molecule has 32 heavy (non-hydrogen) atoms. The molecule has 1 aromatic heterocycles. The van der Waals surface area contributed by atoms with E-state index in [0.717, 1.165) is 5.69 Å². The summed E-state index contributed by atoms with van der Waals surface area (Å²) < 4.78 is 0. The van der Waals surface area contributed by atoms with Crippen molar-refractivity contribution >= 4 is 35.2 Å². The molecule has 5 rings (SSSR count). The van der Waals surface area contributed by atoms with Crippen LogP contribution in [0, 0.1) is 0 Å². The van der Waals surface area contributed by atoms with E-state index >= 15 is 0 Å². The second-order valence-corrected chi connectivity index (χ2v) is 12.5. The van der Waals surface area contributed by atoms with Crippen LogP contribution < -0.4 is 20.9 Å². The molecule has 1 N–H and O–H groups in total. The Kier molecular flexibility index (Phi) is 6.17. The van der Waals surface area contributed by atoms with Gasteiger partial charge in [-0.3, -0.25) is 4.99 Å². The minimum atomic E-state index is -2.46. The van der Waals surface area contributed by atoms with Crippen LogP contribution in [0.5, 0.6) is 0 Å². The molecule has 4 aromatic rings. The van der Waals surface area contributed by atoms with Gasteiger partial charge in [-0.2, -0.15) is 0 Å². The lowest BCUT2D eigenvalue weighted by molar-refractivity contribution is 0.444. The maximum atomic E-state index is 4.93. The van der Waals surface area contributed by atoms with Crippen LogP contribution in [0.1, 0.15) is 37.8 Å². The van der Waals surface area contributed by atoms with E-state index in [0.29, 0.717) is 6.04 Å². The molecule has 3 aromatic carbocycles. The normalized spacial score (nSPS) is 15.2. The molecule has 0 atom stereocenters. The summed E-state index contributed by atoms with van der Waals surface area (Å²) in [5.41, 5.74) is 1.10. The molecule has 1 fully saturated rings. The van der Waals surface area contributed by atoms with E-state index in [1.54, 1.807) is 0 Å². The Labute approximate surface area is 192 Å². The Morgan fingerprint density at radius 1 is 0.625 bits per heavy atom. The first-order valence-corrected chi connectivity index (χ1v) is 13.8.